The van der Waals surface area contributed by atoms with Crippen molar-refractivity contribution in [2.24, 2.45) is 5.73 Å². The molecule has 7 heteroatoms. The van der Waals surface area contributed by atoms with Crippen LogP contribution in [0.15, 0.2) is 0 Å². The van der Waals surface area contributed by atoms with Gasteiger partial charge in [-0.1, -0.05) is 0 Å². The van der Waals surface area contributed by atoms with Crippen LogP contribution in [0.25, 0.3) is 0 Å². The number of urea groups is 1. The van der Waals surface area contributed by atoms with Gasteiger partial charge in [0.2, 0.25) is 5.91 Å². The van der Waals surface area contributed by atoms with Crippen LogP contribution < -0.4 is 11.1 Å². The number of hydrogen-bond donors (Lipinski definition) is 2. The Labute approximate surface area is 100 Å². The summed E-state index contributed by atoms with van der Waals surface area (Å²) in [4.78, 5) is 34.6. The van der Waals surface area contributed by atoms with Crippen LogP contribution in [0, 0.1) is 0 Å². The van der Waals surface area contributed by atoms with Gasteiger partial charge in [0.05, 0.1) is 6.61 Å². The SMILES string of the molecule is CCOC(=O)CNC(=O)N(CC(N)=O)C(C)C. The summed E-state index contributed by atoms with van der Waals surface area (Å²) in [5.41, 5.74) is 5.02. The Bertz CT molecular complexity index is 291. The Hall–Kier alpha value is -1.79. The lowest BCUT2D eigenvalue weighted by molar-refractivity contribution is -0.141. The number of nitrogens with zero attached hydrogens (tertiary/aromatic N) is 1. The molecule has 0 saturated carbocycles. The van der Waals surface area contributed by atoms with Crippen LogP contribution in [0.4, 0.5) is 4.79 Å². The second-order valence-electron chi connectivity index (χ2n) is 3.65. The quantitative estimate of drug-likeness (QED) is 0.613. The molecule has 0 aliphatic rings. The van der Waals surface area contributed by atoms with Crippen LogP contribution in [0.3, 0.4) is 0 Å². The van der Waals surface area contributed by atoms with E-state index >= 15 is 0 Å². The second-order valence-corrected chi connectivity index (χ2v) is 3.65. The van der Waals surface area contributed by atoms with Crippen molar-refractivity contribution in [2.45, 2.75) is 26.8 Å². The van der Waals surface area contributed by atoms with E-state index in [0.29, 0.717) is 0 Å². The number of ether oxygens (including phenoxy) is 1. The van der Waals surface area contributed by atoms with E-state index in [4.69, 9.17) is 5.73 Å². The first-order chi connectivity index (χ1) is 7.88. The largest absolute Gasteiger partial charge is 0.465 e. The smallest absolute Gasteiger partial charge is 0.325 e. The molecule has 0 aromatic heterocycles. The van der Waals surface area contributed by atoms with Gasteiger partial charge < -0.3 is 20.7 Å². The summed E-state index contributed by atoms with van der Waals surface area (Å²) >= 11 is 0. The number of carbonyl (C=O) groups excluding carboxylic acids is 3. The highest BCUT2D eigenvalue weighted by atomic mass is 16.5. The van der Waals surface area contributed by atoms with Gasteiger partial charge in [-0.2, -0.15) is 0 Å². The molecule has 0 spiro atoms. The molecule has 98 valence electrons. The Morgan fingerprint density at radius 2 is 1.94 bits per heavy atom. The first kappa shape index (κ1) is 15.2. The summed E-state index contributed by atoms with van der Waals surface area (Å²) in [6, 6.07) is -0.712. The lowest BCUT2D eigenvalue weighted by Gasteiger charge is -2.25. The fraction of sp³-hybridized carbons (Fsp3) is 0.700. The van der Waals surface area contributed by atoms with E-state index in [1.807, 2.05) is 0 Å². The Balaban J connectivity index is 4.24. The van der Waals surface area contributed by atoms with Crippen molar-refractivity contribution < 1.29 is 19.1 Å². The van der Waals surface area contributed by atoms with Gasteiger partial charge in [0.25, 0.3) is 0 Å². The number of rotatable bonds is 6. The summed E-state index contributed by atoms with van der Waals surface area (Å²) in [7, 11) is 0. The van der Waals surface area contributed by atoms with Crippen molar-refractivity contribution in [3.8, 4) is 0 Å². The van der Waals surface area contributed by atoms with Gasteiger partial charge in [-0.25, -0.2) is 4.79 Å². The fourth-order valence-electron chi connectivity index (χ4n) is 1.12. The highest BCUT2D eigenvalue weighted by Crippen LogP contribution is 1.97. The number of primary amides is 1. The van der Waals surface area contributed by atoms with E-state index in [-0.39, 0.29) is 25.7 Å². The number of nitrogens with two attached hydrogens (primary N) is 1. The summed E-state index contributed by atoms with van der Waals surface area (Å²) in [6.07, 6.45) is 0. The molecule has 3 amide bonds. The molecule has 0 heterocycles. The first-order valence-corrected chi connectivity index (χ1v) is 5.36. The molecule has 0 aliphatic carbocycles. The highest BCUT2D eigenvalue weighted by Gasteiger charge is 2.19. The first-order valence-electron chi connectivity index (χ1n) is 5.36. The lowest BCUT2D eigenvalue weighted by Crippen LogP contribution is -2.49. The van der Waals surface area contributed by atoms with Crippen LogP contribution in [-0.2, 0) is 14.3 Å². The molecule has 0 aliphatic heterocycles. The average Bonchev–Trinajstić information content (AvgIpc) is 2.22. The summed E-state index contributed by atoms with van der Waals surface area (Å²) < 4.78 is 4.65. The maximum absolute atomic E-state index is 11.6. The molecule has 0 saturated heterocycles. The molecule has 0 atom stereocenters. The zero-order valence-corrected chi connectivity index (χ0v) is 10.4. The monoisotopic (exact) mass is 245 g/mol. The second kappa shape index (κ2) is 7.48. The van der Waals surface area contributed by atoms with Gasteiger partial charge >= 0.3 is 12.0 Å². The Morgan fingerprint density at radius 1 is 1.35 bits per heavy atom. The van der Waals surface area contributed by atoms with Crippen molar-refractivity contribution in [3.05, 3.63) is 0 Å². The minimum atomic E-state index is -0.606. The molecule has 0 bridgehead atoms. The standard InChI is InChI=1S/C10H19N3O4/c1-4-17-9(15)5-12-10(16)13(7(2)3)6-8(11)14/h7H,4-6H2,1-3H3,(H2,11,14)(H,12,16). The Morgan fingerprint density at radius 3 is 2.35 bits per heavy atom. The molecule has 0 radical (unpaired) electrons. The minimum absolute atomic E-state index is 0.188. The van der Waals surface area contributed by atoms with Gasteiger partial charge in [-0.15, -0.1) is 0 Å². The van der Waals surface area contributed by atoms with E-state index < -0.39 is 17.9 Å². The van der Waals surface area contributed by atoms with Crippen molar-refractivity contribution in [1.82, 2.24) is 10.2 Å². The van der Waals surface area contributed by atoms with Gasteiger partial charge in [0, 0.05) is 6.04 Å². The maximum Gasteiger partial charge on any atom is 0.325 e. The van der Waals surface area contributed by atoms with Gasteiger partial charge in [0.1, 0.15) is 13.1 Å². The molecule has 0 fully saturated rings. The number of nitrogens with one attached hydrogen (secondary N) is 1. The molecule has 3 N–H and O–H groups in total. The highest BCUT2D eigenvalue weighted by molar-refractivity contribution is 5.85. The van der Waals surface area contributed by atoms with Crippen molar-refractivity contribution in [3.63, 3.8) is 0 Å². The van der Waals surface area contributed by atoms with E-state index in [1.54, 1.807) is 20.8 Å². The van der Waals surface area contributed by atoms with E-state index in [2.05, 4.69) is 10.1 Å². The predicted molar refractivity (Wildman–Crippen MR) is 61.1 cm³/mol. The number of carbonyl (C=O) groups is 3. The fourth-order valence-corrected chi connectivity index (χ4v) is 1.12. The molecule has 0 rings (SSSR count). The zero-order chi connectivity index (χ0) is 13.4. The minimum Gasteiger partial charge on any atom is -0.465 e. The summed E-state index contributed by atoms with van der Waals surface area (Å²) in [5.74, 6) is -1.13. The van der Waals surface area contributed by atoms with Gasteiger partial charge in [-0.05, 0) is 20.8 Å². The molecule has 0 aromatic carbocycles. The van der Waals surface area contributed by atoms with Crippen LogP contribution in [0.1, 0.15) is 20.8 Å². The summed E-state index contributed by atoms with van der Waals surface area (Å²) in [5, 5.41) is 2.36. The third-order valence-corrected chi connectivity index (χ3v) is 1.90. The van der Waals surface area contributed by atoms with E-state index in [9.17, 15) is 14.4 Å². The number of hydrogen-bond acceptors (Lipinski definition) is 4. The molecular formula is C10H19N3O4. The lowest BCUT2D eigenvalue weighted by atomic mass is 10.3. The molecule has 0 aromatic rings. The average molecular weight is 245 g/mol. The van der Waals surface area contributed by atoms with Crippen molar-refractivity contribution >= 4 is 17.9 Å². The zero-order valence-electron chi connectivity index (χ0n) is 10.4. The van der Waals surface area contributed by atoms with Crippen molar-refractivity contribution in [2.75, 3.05) is 19.7 Å². The molecule has 0 unspecified atom stereocenters. The number of amides is 3. The maximum atomic E-state index is 11.6. The topological polar surface area (TPSA) is 102 Å². The Kier molecular flexibility index (Phi) is 6.69. The molecular weight excluding hydrogens is 226 g/mol. The summed E-state index contributed by atoms with van der Waals surface area (Å²) in [6.45, 7) is 5.00. The molecule has 7 nitrogen and oxygen atoms in total. The third-order valence-electron chi connectivity index (χ3n) is 1.90. The van der Waals surface area contributed by atoms with E-state index in [1.165, 1.54) is 4.90 Å². The van der Waals surface area contributed by atoms with Crippen molar-refractivity contribution in [1.29, 1.82) is 0 Å². The number of esters is 1. The predicted octanol–water partition coefficient (Wildman–Crippen LogP) is -0.545. The van der Waals surface area contributed by atoms with Gasteiger partial charge in [-0.3, -0.25) is 9.59 Å². The normalized spacial score (nSPS) is 9.88. The third kappa shape index (κ3) is 6.39. The van der Waals surface area contributed by atoms with Gasteiger partial charge in [0.15, 0.2) is 0 Å². The molecule has 17 heavy (non-hydrogen) atoms. The van der Waals surface area contributed by atoms with Crippen LogP contribution in [0.2, 0.25) is 0 Å². The van der Waals surface area contributed by atoms with Crippen LogP contribution in [-0.4, -0.2) is 48.5 Å². The van der Waals surface area contributed by atoms with Crippen LogP contribution in [0.5, 0.6) is 0 Å². The van der Waals surface area contributed by atoms with E-state index in [0.717, 1.165) is 0 Å². The van der Waals surface area contributed by atoms with Crippen LogP contribution >= 0.6 is 0 Å².